The van der Waals surface area contributed by atoms with Crippen LogP contribution in [0.4, 0.5) is 5.69 Å². The van der Waals surface area contributed by atoms with Crippen molar-refractivity contribution in [1.29, 1.82) is 0 Å². The SMILES string of the molecule is Cc1ccc(NCC(=O)NNC(=O)c2cc3ccccc3n2Cc2ccccc2)cc1. The number of nitrogens with zero attached hydrogens (tertiary/aromatic N) is 1. The number of rotatable bonds is 6. The Morgan fingerprint density at radius 3 is 2.32 bits per heavy atom. The first kappa shape index (κ1) is 20.2. The lowest BCUT2D eigenvalue weighted by atomic mass is 10.2. The van der Waals surface area contributed by atoms with Gasteiger partial charge in [0.2, 0.25) is 0 Å². The summed E-state index contributed by atoms with van der Waals surface area (Å²) >= 11 is 0. The number of carbonyl (C=O) groups excluding carboxylic acids is 2. The standard InChI is InChI=1S/C25H24N4O2/c1-18-11-13-21(14-12-18)26-16-24(30)27-28-25(31)23-15-20-9-5-6-10-22(20)29(23)17-19-7-3-2-4-8-19/h2-15,26H,16-17H2,1H3,(H,27,30)(H,28,31). The van der Waals surface area contributed by atoms with Crippen LogP contribution < -0.4 is 16.2 Å². The molecule has 0 aliphatic carbocycles. The van der Waals surface area contributed by atoms with Gasteiger partial charge in [-0.25, -0.2) is 0 Å². The van der Waals surface area contributed by atoms with Crippen molar-refractivity contribution < 1.29 is 9.59 Å². The molecule has 0 saturated carbocycles. The highest BCUT2D eigenvalue weighted by Gasteiger charge is 2.16. The number of anilines is 1. The van der Waals surface area contributed by atoms with Crippen molar-refractivity contribution in [3.63, 3.8) is 0 Å². The Kier molecular flexibility index (Phi) is 5.98. The Morgan fingerprint density at radius 2 is 1.55 bits per heavy atom. The molecule has 0 unspecified atom stereocenters. The zero-order valence-corrected chi connectivity index (χ0v) is 17.3. The second-order valence-electron chi connectivity index (χ2n) is 7.38. The second-order valence-corrected chi connectivity index (χ2v) is 7.38. The van der Waals surface area contributed by atoms with Crippen LogP contribution in [-0.2, 0) is 11.3 Å². The summed E-state index contributed by atoms with van der Waals surface area (Å²) in [5, 5.41) is 4.00. The highest BCUT2D eigenvalue weighted by molar-refractivity contribution is 5.99. The van der Waals surface area contributed by atoms with Crippen molar-refractivity contribution in [3.05, 3.63) is 102 Å². The minimum atomic E-state index is -0.365. The highest BCUT2D eigenvalue weighted by Crippen LogP contribution is 2.21. The molecule has 31 heavy (non-hydrogen) atoms. The number of aryl methyl sites for hydroxylation is 1. The summed E-state index contributed by atoms with van der Waals surface area (Å²) in [6, 6.07) is 27.4. The molecule has 0 saturated heterocycles. The van der Waals surface area contributed by atoms with Crippen LogP contribution in [-0.4, -0.2) is 22.9 Å². The summed E-state index contributed by atoms with van der Waals surface area (Å²) < 4.78 is 1.96. The molecule has 0 aliphatic rings. The van der Waals surface area contributed by atoms with Gasteiger partial charge in [0.05, 0.1) is 6.54 Å². The van der Waals surface area contributed by atoms with Crippen molar-refractivity contribution >= 4 is 28.4 Å². The molecule has 1 heterocycles. The number of hydrogen-bond donors (Lipinski definition) is 3. The molecule has 6 nitrogen and oxygen atoms in total. The lowest BCUT2D eigenvalue weighted by Gasteiger charge is -2.12. The quantitative estimate of drug-likeness (QED) is 0.421. The van der Waals surface area contributed by atoms with Gasteiger partial charge in [-0.15, -0.1) is 0 Å². The van der Waals surface area contributed by atoms with E-state index < -0.39 is 0 Å². The van der Waals surface area contributed by atoms with Gasteiger partial charge in [-0.2, -0.15) is 0 Å². The maximum atomic E-state index is 12.9. The number of hydrogen-bond acceptors (Lipinski definition) is 3. The number of benzene rings is 3. The van der Waals surface area contributed by atoms with E-state index >= 15 is 0 Å². The van der Waals surface area contributed by atoms with Gasteiger partial charge in [-0.1, -0.05) is 66.2 Å². The minimum Gasteiger partial charge on any atom is -0.376 e. The molecule has 2 amide bonds. The van der Waals surface area contributed by atoms with Crippen LogP contribution in [0.1, 0.15) is 21.6 Å². The number of amides is 2. The summed E-state index contributed by atoms with van der Waals surface area (Å²) in [5.41, 5.74) is 9.54. The first-order valence-corrected chi connectivity index (χ1v) is 10.1. The van der Waals surface area contributed by atoms with Gasteiger partial charge in [0.1, 0.15) is 5.69 Å². The van der Waals surface area contributed by atoms with E-state index in [9.17, 15) is 9.59 Å². The molecule has 0 spiro atoms. The van der Waals surface area contributed by atoms with E-state index in [-0.39, 0.29) is 18.4 Å². The molecule has 4 rings (SSSR count). The topological polar surface area (TPSA) is 75.2 Å². The third-order valence-corrected chi connectivity index (χ3v) is 5.05. The summed E-state index contributed by atoms with van der Waals surface area (Å²) in [7, 11) is 0. The fraction of sp³-hybridized carbons (Fsp3) is 0.120. The number of aromatic nitrogens is 1. The third-order valence-electron chi connectivity index (χ3n) is 5.05. The number of hydrazine groups is 1. The Balaban J connectivity index is 1.44. The van der Waals surface area contributed by atoms with Gasteiger partial charge in [0.15, 0.2) is 0 Å². The average molecular weight is 412 g/mol. The normalized spacial score (nSPS) is 10.6. The first-order chi connectivity index (χ1) is 15.1. The zero-order chi connectivity index (χ0) is 21.6. The van der Waals surface area contributed by atoms with Crippen LogP contribution in [0.3, 0.4) is 0 Å². The van der Waals surface area contributed by atoms with Crippen LogP contribution in [0.5, 0.6) is 0 Å². The van der Waals surface area contributed by atoms with Crippen molar-refractivity contribution in [3.8, 4) is 0 Å². The number of carbonyl (C=O) groups is 2. The second kappa shape index (κ2) is 9.17. The van der Waals surface area contributed by atoms with E-state index in [0.29, 0.717) is 12.2 Å². The van der Waals surface area contributed by atoms with Crippen LogP contribution in [0.25, 0.3) is 10.9 Å². The Bertz CT molecular complexity index is 1200. The lowest BCUT2D eigenvalue weighted by Crippen LogP contribution is -2.44. The molecule has 0 bridgehead atoms. The van der Waals surface area contributed by atoms with E-state index in [2.05, 4.69) is 16.2 Å². The van der Waals surface area contributed by atoms with E-state index in [1.54, 1.807) is 0 Å². The highest BCUT2D eigenvalue weighted by atomic mass is 16.2. The molecule has 0 radical (unpaired) electrons. The molecular weight excluding hydrogens is 388 g/mol. The number of fused-ring (bicyclic) bond motifs is 1. The minimum absolute atomic E-state index is 0.0519. The monoisotopic (exact) mass is 412 g/mol. The maximum Gasteiger partial charge on any atom is 0.286 e. The lowest BCUT2D eigenvalue weighted by molar-refractivity contribution is -0.120. The zero-order valence-electron chi connectivity index (χ0n) is 17.3. The molecule has 0 aliphatic heterocycles. The van der Waals surface area contributed by atoms with Crippen molar-refractivity contribution in [2.24, 2.45) is 0 Å². The number of para-hydroxylation sites is 1. The summed E-state index contributed by atoms with van der Waals surface area (Å²) in [5.74, 6) is -0.699. The van der Waals surface area contributed by atoms with Crippen LogP contribution in [0.2, 0.25) is 0 Å². The fourth-order valence-corrected chi connectivity index (χ4v) is 3.42. The Hall–Kier alpha value is -4.06. The molecule has 0 fully saturated rings. The van der Waals surface area contributed by atoms with Gasteiger partial charge >= 0.3 is 0 Å². The van der Waals surface area contributed by atoms with Gasteiger partial charge in [-0.05, 0) is 36.8 Å². The van der Waals surface area contributed by atoms with Gasteiger partial charge in [-0.3, -0.25) is 20.4 Å². The maximum absolute atomic E-state index is 12.9. The van der Waals surface area contributed by atoms with Crippen LogP contribution >= 0.6 is 0 Å². The van der Waals surface area contributed by atoms with Gasteiger partial charge < -0.3 is 9.88 Å². The van der Waals surface area contributed by atoms with E-state index in [1.807, 2.05) is 96.4 Å². The summed E-state index contributed by atoms with van der Waals surface area (Å²) in [4.78, 5) is 25.0. The predicted molar refractivity (Wildman–Crippen MR) is 123 cm³/mol. The van der Waals surface area contributed by atoms with E-state index in [4.69, 9.17) is 0 Å². The molecule has 3 N–H and O–H groups in total. The van der Waals surface area contributed by atoms with E-state index in [0.717, 1.165) is 27.7 Å². The molecule has 3 aromatic carbocycles. The summed E-state index contributed by atoms with van der Waals surface area (Å²) in [6.45, 7) is 2.61. The van der Waals surface area contributed by atoms with Crippen molar-refractivity contribution in [1.82, 2.24) is 15.4 Å². The van der Waals surface area contributed by atoms with Crippen molar-refractivity contribution in [2.75, 3.05) is 11.9 Å². The molecule has 6 heteroatoms. The van der Waals surface area contributed by atoms with Gasteiger partial charge in [0, 0.05) is 23.1 Å². The predicted octanol–water partition coefficient (Wildman–Crippen LogP) is 3.87. The molecular formula is C25H24N4O2. The number of nitrogens with one attached hydrogen (secondary N) is 3. The fourth-order valence-electron chi connectivity index (χ4n) is 3.42. The van der Waals surface area contributed by atoms with Crippen LogP contribution in [0.15, 0.2) is 84.9 Å². The van der Waals surface area contributed by atoms with Crippen LogP contribution in [0, 0.1) is 6.92 Å². The molecule has 156 valence electrons. The molecule has 4 aromatic rings. The smallest absolute Gasteiger partial charge is 0.286 e. The Morgan fingerprint density at radius 1 is 0.839 bits per heavy atom. The van der Waals surface area contributed by atoms with Gasteiger partial charge in [0.25, 0.3) is 11.8 Å². The van der Waals surface area contributed by atoms with Crippen molar-refractivity contribution in [2.45, 2.75) is 13.5 Å². The first-order valence-electron chi connectivity index (χ1n) is 10.1. The molecule has 0 atom stereocenters. The average Bonchev–Trinajstić information content (AvgIpc) is 3.16. The third kappa shape index (κ3) is 4.93. The summed E-state index contributed by atoms with van der Waals surface area (Å²) in [6.07, 6.45) is 0. The molecule has 1 aromatic heterocycles. The van der Waals surface area contributed by atoms with E-state index in [1.165, 1.54) is 0 Å². The Labute approximate surface area is 180 Å². The largest absolute Gasteiger partial charge is 0.376 e.